The van der Waals surface area contributed by atoms with Crippen LogP contribution in [0.2, 0.25) is 0 Å². The second-order valence-electron chi connectivity index (χ2n) is 3.66. The lowest BCUT2D eigenvalue weighted by Crippen LogP contribution is -2.14. The van der Waals surface area contributed by atoms with Gasteiger partial charge in [0, 0.05) is 10.5 Å². The summed E-state index contributed by atoms with van der Waals surface area (Å²) in [5.41, 5.74) is 0. The van der Waals surface area contributed by atoms with Gasteiger partial charge in [-0.2, -0.15) is 11.8 Å². The van der Waals surface area contributed by atoms with Crippen LogP contribution in [0.15, 0.2) is 0 Å². The smallest absolute Gasteiger partial charge is 0.00789 e. The minimum Gasteiger partial charge on any atom is -0.155 e. The molecule has 0 radical (unpaired) electrons. The van der Waals surface area contributed by atoms with Gasteiger partial charge in [0.25, 0.3) is 0 Å². The van der Waals surface area contributed by atoms with Gasteiger partial charge in [-0.1, -0.05) is 13.3 Å². The molecule has 0 aromatic carbocycles. The van der Waals surface area contributed by atoms with Gasteiger partial charge >= 0.3 is 0 Å². The van der Waals surface area contributed by atoms with Crippen LogP contribution in [-0.2, 0) is 0 Å². The van der Waals surface area contributed by atoms with E-state index >= 15 is 0 Å². The first-order valence-corrected chi connectivity index (χ1v) is 5.50. The minimum absolute atomic E-state index is 1.07. The molecule has 3 atom stereocenters. The van der Waals surface area contributed by atoms with Crippen molar-refractivity contribution in [2.75, 3.05) is 0 Å². The summed E-state index contributed by atoms with van der Waals surface area (Å²) >= 11 is 2.28. The Morgan fingerprint density at radius 2 is 2.30 bits per heavy atom. The number of rotatable bonds is 2. The quantitative estimate of drug-likeness (QED) is 0.592. The van der Waals surface area contributed by atoms with Crippen molar-refractivity contribution < 1.29 is 0 Å². The van der Waals surface area contributed by atoms with E-state index in [0.717, 1.165) is 16.4 Å². The number of hydrogen-bond donors (Lipinski definition) is 0. The number of thioether (sulfide) groups is 1. The van der Waals surface area contributed by atoms with E-state index in [0.29, 0.717) is 0 Å². The molecule has 2 aliphatic heterocycles. The van der Waals surface area contributed by atoms with Crippen molar-refractivity contribution in [3.05, 3.63) is 0 Å². The lowest BCUT2D eigenvalue weighted by molar-refractivity contribution is 0.387. The molecular weight excluding hydrogens is 140 g/mol. The molecule has 0 nitrogen and oxygen atoms in total. The molecule has 0 aromatic rings. The lowest BCUT2D eigenvalue weighted by Gasteiger charge is -2.18. The monoisotopic (exact) mass is 156 g/mol. The molecule has 2 bridgehead atoms. The molecule has 2 aliphatic rings. The second kappa shape index (κ2) is 2.77. The lowest BCUT2D eigenvalue weighted by atomic mass is 9.86. The fourth-order valence-corrected chi connectivity index (χ4v) is 4.28. The molecule has 10 heavy (non-hydrogen) atoms. The van der Waals surface area contributed by atoms with E-state index in [1.165, 1.54) is 25.7 Å². The molecule has 0 N–H and O–H groups in total. The van der Waals surface area contributed by atoms with Gasteiger partial charge in [0.05, 0.1) is 0 Å². The predicted octanol–water partition coefficient (Wildman–Crippen LogP) is 3.07. The molecule has 2 fully saturated rings. The van der Waals surface area contributed by atoms with Gasteiger partial charge in [-0.3, -0.25) is 0 Å². The summed E-state index contributed by atoms with van der Waals surface area (Å²) in [6.07, 6.45) is 7.49. The summed E-state index contributed by atoms with van der Waals surface area (Å²) in [5, 5.41) is 2.14. The molecule has 2 rings (SSSR count). The average Bonchev–Trinajstić information content (AvgIpc) is 2.48. The zero-order valence-electron chi connectivity index (χ0n) is 6.68. The van der Waals surface area contributed by atoms with Gasteiger partial charge < -0.3 is 0 Å². The van der Waals surface area contributed by atoms with Crippen molar-refractivity contribution in [2.24, 2.45) is 5.92 Å². The van der Waals surface area contributed by atoms with Crippen LogP contribution >= 0.6 is 11.8 Å². The highest BCUT2D eigenvalue weighted by Crippen LogP contribution is 2.50. The molecule has 0 saturated carbocycles. The van der Waals surface area contributed by atoms with Crippen LogP contribution in [0, 0.1) is 5.92 Å². The van der Waals surface area contributed by atoms with Crippen LogP contribution in [-0.4, -0.2) is 10.5 Å². The third-order valence-corrected chi connectivity index (χ3v) is 4.67. The van der Waals surface area contributed by atoms with E-state index in [9.17, 15) is 0 Å². The van der Waals surface area contributed by atoms with Crippen molar-refractivity contribution in [1.29, 1.82) is 0 Å². The molecule has 2 saturated heterocycles. The highest BCUT2D eigenvalue weighted by atomic mass is 32.2. The normalized spacial score (nSPS) is 44.7. The van der Waals surface area contributed by atoms with Gasteiger partial charge in [-0.15, -0.1) is 0 Å². The van der Waals surface area contributed by atoms with Crippen molar-refractivity contribution in [3.8, 4) is 0 Å². The average molecular weight is 156 g/mol. The molecule has 0 amide bonds. The standard InChI is InChI=1S/C9H16S/c1-2-3-7-6-8-4-5-9(7)10-8/h7-9H,2-6H2,1H3. The van der Waals surface area contributed by atoms with Gasteiger partial charge in [0.1, 0.15) is 0 Å². The van der Waals surface area contributed by atoms with Gasteiger partial charge in [-0.25, -0.2) is 0 Å². The Bertz CT molecular complexity index is 122. The number of fused-ring (bicyclic) bond motifs is 2. The maximum atomic E-state index is 2.32. The fourth-order valence-electron chi connectivity index (χ4n) is 2.42. The molecule has 58 valence electrons. The molecule has 1 heteroatoms. The summed E-state index contributed by atoms with van der Waals surface area (Å²) < 4.78 is 0. The highest BCUT2D eigenvalue weighted by molar-refractivity contribution is 8.01. The fraction of sp³-hybridized carbons (Fsp3) is 1.00. The molecule has 0 spiro atoms. The van der Waals surface area contributed by atoms with Gasteiger partial charge in [0.2, 0.25) is 0 Å². The second-order valence-corrected chi connectivity index (χ2v) is 5.20. The maximum absolute atomic E-state index is 2.32. The van der Waals surface area contributed by atoms with Crippen molar-refractivity contribution >= 4 is 11.8 Å². The highest BCUT2D eigenvalue weighted by Gasteiger charge is 2.39. The summed E-state index contributed by atoms with van der Waals surface area (Å²) in [4.78, 5) is 0. The SMILES string of the molecule is CCCC1CC2CCC1S2. The largest absolute Gasteiger partial charge is 0.155 e. The van der Waals surface area contributed by atoms with Gasteiger partial charge in [0.15, 0.2) is 0 Å². The third-order valence-electron chi connectivity index (χ3n) is 2.89. The Morgan fingerprint density at radius 3 is 2.80 bits per heavy atom. The van der Waals surface area contributed by atoms with Crippen LogP contribution in [0.4, 0.5) is 0 Å². The Kier molecular flexibility index (Phi) is 1.94. The Morgan fingerprint density at radius 1 is 1.40 bits per heavy atom. The van der Waals surface area contributed by atoms with E-state index in [1.54, 1.807) is 6.42 Å². The molecular formula is C9H16S. The molecule has 0 aromatic heterocycles. The summed E-state index contributed by atoms with van der Waals surface area (Å²) in [5.74, 6) is 1.11. The summed E-state index contributed by atoms with van der Waals surface area (Å²) in [7, 11) is 0. The van der Waals surface area contributed by atoms with Crippen molar-refractivity contribution in [3.63, 3.8) is 0 Å². The van der Waals surface area contributed by atoms with E-state index in [1.807, 2.05) is 0 Å². The van der Waals surface area contributed by atoms with Crippen LogP contribution < -0.4 is 0 Å². The van der Waals surface area contributed by atoms with Crippen molar-refractivity contribution in [1.82, 2.24) is 0 Å². The first kappa shape index (κ1) is 7.02. The van der Waals surface area contributed by atoms with Gasteiger partial charge in [-0.05, 0) is 31.6 Å². The van der Waals surface area contributed by atoms with E-state index in [-0.39, 0.29) is 0 Å². The predicted molar refractivity (Wildman–Crippen MR) is 47.4 cm³/mol. The van der Waals surface area contributed by atoms with E-state index < -0.39 is 0 Å². The van der Waals surface area contributed by atoms with E-state index in [4.69, 9.17) is 0 Å². The Balaban J connectivity index is 1.90. The molecule has 0 aliphatic carbocycles. The Labute approximate surface area is 67.8 Å². The molecule has 2 heterocycles. The first-order chi connectivity index (χ1) is 4.90. The summed E-state index contributed by atoms with van der Waals surface area (Å²) in [6, 6.07) is 0. The van der Waals surface area contributed by atoms with Crippen LogP contribution in [0.25, 0.3) is 0 Å². The van der Waals surface area contributed by atoms with E-state index in [2.05, 4.69) is 18.7 Å². The maximum Gasteiger partial charge on any atom is 0.00789 e. The zero-order chi connectivity index (χ0) is 6.97. The third kappa shape index (κ3) is 1.09. The zero-order valence-corrected chi connectivity index (χ0v) is 7.49. The number of hydrogen-bond acceptors (Lipinski definition) is 1. The minimum atomic E-state index is 1.07. The summed E-state index contributed by atoms with van der Waals surface area (Å²) in [6.45, 7) is 2.32. The van der Waals surface area contributed by atoms with Crippen LogP contribution in [0.1, 0.15) is 39.0 Å². The Hall–Kier alpha value is 0.350. The first-order valence-electron chi connectivity index (χ1n) is 4.55. The van der Waals surface area contributed by atoms with Crippen LogP contribution in [0.3, 0.4) is 0 Å². The van der Waals surface area contributed by atoms with Crippen LogP contribution in [0.5, 0.6) is 0 Å². The topological polar surface area (TPSA) is 0 Å². The molecule has 3 unspecified atom stereocenters. The van der Waals surface area contributed by atoms with Crippen molar-refractivity contribution in [2.45, 2.75) is 49.5 Å².